The number of para-hydroxylation sites is 1. The summed E-state index contributed by atoms with van der Waals surface area (Å²) in [6.45, 7) is 2.74. The highest BCUT2D eigenvalue weighted by Gasteiger charge is 2.00. The fourth-order valence-electron chi connectivity index (χ4n) is 1.91. The molecule has 86 valence electrons. The van der Waals surface area contributed by atoms with Crippen LogP contribution in [-0.2, 0) is 6.54 Å². The largest absolute Gasteiger partial charge is 0.361 e. The molecule has 0 aliphatic carbocycles. The minimum Gasteiger partial charge on any atom is -0.361 e. The van der Waals surface area contributed by atoms with Gasteiger partial charge in [-0.15, -0.1) is 0 Å². The van der Waals surface area contributed by atoms with Gasteiger partial charge in [0.25, 0.3) is 0 Å². The van der Waals surface area contributed by atoms with Crippen molar-refractivity contribution in [3.8, 4) is 0 Å². The smallest absolute Gasteiger partial charge is 0.0499 e. The van der Waals surface area contributed by atoms with Gasteiger partial charge in [0.15, 0.2) is 0 Å². The molecule has 0 aliphatic heterocycles. The van der Waals surface area contributed by atoms with E-state index in [1.165, 1.54) is 16.5 Å². The lowest BCUT2D eigenvalue weighted by molar-refractivity contribution is 0.629. The molecule has 2 rings (SSSR count). The van der Waals surface area contributed by atoms with Crippen LogP contribution in [0.3, 0.4) is 0 Å². The van der Waals surface area contributed by atoms with E-state index in [9.17, 15) is 0 Å². The standard InChI is InChI=1S/C13H19N3/c14-7-1-2-8-15-10-12-5-3-4-11-6-9-16-13(11)12/h3-6,9,15-16H,1-2,7-8,10,14H2. The molecule has 0 atom stereocenters. The van der Waals surface area contributed by atoms with Crippen LogP contribution in [0.4, 0.5) is 0 Å². The number of aromatic nitrogens is 1. The zero-order chi connectivity index (χ0) is 11.2. The predicted octanol–water partition coefficient (Wildman–Crippen LogP) is 2.00. The van der Waals surface area contributed by atoms with E-state index in [-0.39, 0.29) is 0 Å². The number of aromatic amines is 1. The van der Waals surface area contributed by atoms with Gasteiger partial charge >= 0.3 is 0 Å². The van der Waals surface area contributed by atoms with Crippen LogP contribution in [0.25, 0.3) is 10.9 Å². The van der Waals surface area contributed by atoms with E-state index < -0.39 is 0 Å². The summed E-state index contributed by atoms with van der Waals surface area (Å²) in [5, 5.41) is 4.72. The van der Waals surface area contributed by atoms with E-state index >= 15 is 0 Å². The van der Waals surface area contributed by atoms with Crippen molar-refractivity contribution in [3.05, 3.63) is 36.0 Å². The first kappa shape index (κ1) is 11.2. The Labute approximate surface area is 96.0 Å². The van der Waals surface area contributed by atoms with Crippen molar-refractivity contribution in [2.45, 2.75) is 19.4 Å². The highest BCUT2D eigenvalue weighted by molar-refractivity contribution is 5.82. The molecule has 4 N–H and O–H groups in total. The van der Waals surface area contributed by atoms with Crippen molar-refractivity contribution in [1.82, 2.24) is 10.3 Å². The number of H-pyrrole nitrogens is 1. The Morgan fingerprint density at radius 1 is 1.19 bits per heavy atom. The van der Waals surface area contributed by atoms with Crippen molar-refractivity contribution in [2.24, 2.45) is 5.73 Å². The maximum atomic E-state index is 5.45. The van der Waals surface area contributed by atoms with Gasteiger partial charge < -0.3 is 16.0 Å². The molecule has 0 radical (unpaired) electrons. The first-order valence-electron chi connectivity index (χ1n) is 5.87. The van der Waals surface area contributed by atoms with Gasteiger partial charge in [-0.25, -0.2) is 0 Å². The lowest BCUT2D eigenvalue weighted by atomic mass is 10.1. The molecule has 1 heterocycles. The number of benzene rings is 1. The van der Waals surface area contributed by atoms with E-state index in [4.69, 9.17) is 5.73 Å². The summed E-state index contributed by atoms with van der Waals surface area (Å²) in [4.78, 5) is 3.28. The number of rotatable bonds is 6. The Hall–Kier alpha value is -1.32. The third-order valence-corrected chi connectivity index (χ3v) is 2.80. The number of unbranched alkanes of at least 4 members (excludes halogenated alkanes) is 1. The van der Waals surface area contributed by atoms with Gasteiger partial charge in [-0.1, -0.05) is 18.2 Å². The first-order valence-corrected chi connectivity index (χ1v) is 5.87. The minimum absolute atomic E-state index is 0.786. The quantitative estimate of drug-likeness (QED) is 0.648. The summed E-state index contributed by atoms with van der Waals surface area (Å²) in [6.07, 6.45) is 4.24. The van der Waals surface area contributed by atoms with Gasteiger partial charge in [-0.3, -0.25) is 0 Å². The third-order valence-electron chi connectivity index (χ3n) is 2.80. The van der Waals surface area contributed by atoms with Crippen molar-refractivity contribution in [1.29, 1.82) is 0 Å². The topological polar surface area (TPSA) is 53.8 Å². The third kappa shape index (κ3) is 2.62. The number of nitrogens with two attached hydrogens (primary N) is 1. The normalized spacial score (nSPS) is 11.1. The maximum Gasteiger partial charge on any atom is 0.0499 e. The van der Waals surface area contributed by atoms with Gasteiger partial charge in [-0.05, 0) is 42.9 Å². The Kier molecular flexibility index (Phi) is 3.97. The Balaban J connectivity index is 1.91. The molecule has 0 bridgehead atoms. The SMILES string of the molecule is NCCCCNCc1cccc2cc[nH]c12. The Morgan fingerprint density at radius 3 is 3.00 bits per heavy atom. The van der Waals surface area contributed by atoms with Crippen LogP contribution >= 0.6 is 0 Å². The van der Waals surface area contributed by atoms with Crippen LogP contribution in [0.5, 0.6) is 0 Å². The van der Waals surface area contributed by atoms with Gasteiger partial charge in [0.2, 0.25) is 0 Å². The molecule has 3 heteroatoms. The van der Waals surface area contributed by atoms with E-state index in [0.29, 0.717) is 0 Å². The van der Waals surface area contributed by atoms with Gasteiger partial charge in [0.05, 0.1) is 0 Å². The zero-order valence-corrected chi connectivity index (χ0v) is 9.50. The number of nitrogens with one attached hydrogen (secondary N) is 2. The fourth-order valence-corrected chi connectivity index (χ4v) is 1.91. The Morgan fingerprint density at radius 2 is 2.12 bits per heavy atom. The zero-order valence-electron chi connectivity index (χ0n) is 9.50. The van der Waals surface area contributed by atoms with Crippen LogP contribution in [0, 0.1) is 0 Å². The van der Waals surface area contributed by atoms with Crippen molar-refractivity contribution < 1.29 is 0 Å². The summed E-state index contributed by atoms with van der Waals surface area (Å²) in [5.41, 5.74) is 8.02. The molecule has 2 aromatic rings. The average Bonchev–Trinajstić information content (AvgIpc) is 2.77. The van der Waals surface area contributed by atoms with Gasteiger partial charge in [0.1, 0.15) is 0 Å². The number of hydrogen-bond acceptors (Lipinski definition) is 2. The summed E-state index contributed by atoms with van der Waals surface area (Å²) < 4.78 is 0. The molecule has 0 saturated heterocycles. The molecule has 0 aliphatic rings. The van der Waals surface area contributed by atoms with Crippen LogP contribution < -0.4 is 11.1 Å². The fraction of sp³-hybridized carbons (Fsp3) is 0.385. The summed E-state index contributed by atoms with van der Waals surface area (Å²) in [6, 6.07) is 8.50. The minimum atomic E-state index is 0.786. The second-order valence-electron chi connectivity index (χ2n) is 4.03. The molecule has 1 aromatic carbocycles. The summed E-state index contributed by atoms with van der Waals surface area (Å²) >= 11 is 0. The second-order valence-corrected chi connectivity index (χ2v) is 4.03. The lowest BCUT2D eigenvalue weighted by Gasteiger charge is -2.05. The van der Waals surface area contributed by atoms with Crippen LogP contribution in [-0.4, -0.2) is 18.1 Å². The molecule has 16 heavy (non-hydrogen) atoms. The van der Waals surface area contributed by atoms with Crippen LogP contribution in [0.15, 0.2) is 30.5 Å². The lowest BCUT2D eigenvalue weighted by Crippen LogP contribution is -2.16. The highest BCUT2D eigenvalue weighted by Crippen LogP contribution is 2.16. The van der Waals surface area contributed by atoms with Crippen molar-refractivity contribution in [2.75, 3.05) is 13.1 Å². The summed E-state index contributed by atoms with van der Waals surface area (Å²) in [7, 11) is 0. The number of fused-ring (bicyclic) bond motifs is 1. The first-order chi connectivity index (χ1) is 7.92. The van der Waals surface area contributed by atoms with Crippen LogP contribution in [0.2, 0.25) is 0 Å². The van der Waals surface area contributed by atoms with E-state index in [0.717, 1.165) is 32.5 Å². The second kappa shape index (κ2) is 5.68. The Bertz CT molecular complexity index is 433. The monoisotopic (exact) mass is 217 g/mol. The van der Waals surface area contributed by atoms with E-state index in [2.05, 4.69) is 34.6 Å². The molecule has 0 amide bonds. The van der Waals surface area contributed by atoms with Crippen molar-refractivity contribution >= 4 is 10.9 Å². The molecular formula is C13H19N3. The van der Waals surface area contributed by atoms with Crippen LogP contribution in [0.1, 0.15) is 18.4 Å². The molecule has 0 fully saturated rings. The van der Waals surface area contributed by atoms with E-state index in [1.54, 1.807) is 0 Å². The van der Waals surface area contributed by atoms with E-state index in [1.807, 2.05) is 6.20 Å². The van der Waals surface area contributed by atoms with Gasteiger partial charge in [0, 0.05) is 18.3 Å². The average molecular weight is 217 g/mol. The van der Waals surface area contributed by atoms with Gasteiger partial charge in [-0.2, -0.15) is 0 Å². The molecular weight excluding hydrogens is 198 g/mol. The highest BCUT2D eigenvalue weighted by atomic mass is 14.8. The number of hydrogen-bond donors (Lipinski definition) is 3. The summed E-state index contributed by atoms with van der Waals surface area (Å²) in [5.74, 6) is 0. The molecule has 0 saturated carbocycles. The molecule has 3 nitrogen and oxygen atoms in total. The molecule has 1 aromatic heterocycles. The predicted molar refractivity (Wildman–Crippen MR) is 68.3 cm³/mol. The molecule has 0 unspecified atom stereocenters. The molecule has 0 spiro atoms. The van der Waals surface area contributed by atoms with Crippen molar-refractivity contribution in [3.63, 3.8) is 0 Å². The maximum absolute atomic E-state index is 5.45.